The van der Waals surface area contributed by atoms with E-state index in [9.17, 15) is 0 Å². The van der Waals surface area contributed by atoms with Crippen molar-refractivity contribution in [1.82, 2.24) is 5.32 Å². The van der Waals surface area contributed by atoms with E-state index >= 15 is 0 Å². The molecule has 0 aromatic heterocycles. The molecule has 13 heavy (non-hydrogen) atoms. The SMILES string of the molecule is Cc1cccc2c1CCN[C@H]2CO. The molecular formula is C11H15NO. The van der Waals surface area contributed by atoms with E-state index in [0.29, 0.717) is 0 Å². The van der Waals surface area contributed by atoms with Crippen molar-refractivity contribution in [2.45, 2.75) is 19.4 Å². The van der Waals surface area contributed by atoms with E-state index in [1.165, 1.54) is 16.7 Å². The average Bonchev–Trinajstić information content (AvgIpc) is 2.18. The second-order valence-corrected chi connectivity index (χ2v) is 3.58. The van der Waals surface area contributed by atoms with E-state index in [-0.39, 0.29) is 12.6 Å². The van der Waals surface area contributed by atoms with Gasteiger partial charge in [0.15, 0.2) is 0 Å². The smallest absolute Gasteiger partial charge is 0.0626 e. The zero-order chi connectivity index (χ0) is 9.26. The monoisotopic (exact) mass is 177 g/mol. The number of aliphatic hydroxyl groups excluding tert-OH is 1. The Morgan fingerprint density at radius 1 is 1.54 bits per heavy atom. The third-order valence-corrected chi connectivity index (χ3v) is 2.77. The van der Waals surface area contributed by atoms with E-state index in [4.69, 9.17) is 5.11 Å². The van der Waals surface area contributed by atoms with Gasteiger partial charge in [-0.05, 0) is 36.6 Å². The predicted octanol–water partition coefficient (Wildman–Crippen LogP) is 1.17. The van der Waals surface area contributed by atoms with Gasteiger partial charge in [0.2, 0.25) is 0 Å². The molecule has 1 aliphatic rings. The van der Waals surface area contributed by atoms with Crippen molar-refractivity contribution in [3.63, 3.8) is 0 Å². The zero-order valence-electron chi connectivity index (χ0n) is 7.88. The van der Waals surface area contributed by atoms with Gasteiger partial charge in [-0.25, -0.2) is 0 Å². The van der Waals surface area contributed by atoms with E-state index < -0.39 is 0 Å². The van der Waals surface area contributed by atoms with E-state index in [0.717, 1.165) is 13.0 Å². The fraction of sp³-hybridized carbons (Fsp3) is 0.455. The fourth-order valence-electron chi connectivity index (χ4n) is 2.04. The molecule has 2 nitrogen and oxygen atoms in total. The zero-order valence-corrected chi connectivity index (χ0v) is 7.88. The Morgan fingerprint density at radius 2 is 2.38 bits per heavy atom. The third-order valence-electron chi connectivity index (χ3n) is 2.77. The van der Waals surface area contributed by atoms with Crippen LogP contribution in [0.4, 0.5) is 0 Å². The highest BCUT2D eigenvalue weighted by Gasteiger charge is 2.19. The van der Waals surface area contributed by atoms with Gasteiger partial charge in [-0.15, -0.1) is 0 Å². The molecule has 1 heterocycles. The maximum atomic E-state index is 9.17. The van der Waals surface area contributed by atoms with E-state index in [2.05, 4.69) is 30.4 Å². The van der Waals surface area contributed by atoms with Crippen molar-refractivity contribution in [2.24, 2.45) is 0 Å². The lowest BCUT2D eigenvalue weighted by atomic mass is 9.91. The van der Waals surface area contributed by atoms with Crippen LogP contribution in [-0.4, -0.2) is 18.3 Å². The molecule has 0 unspecified atom stereocenters. The second-order valence-electron chi connectivity index (χ2n) is 3.58. The fourth-order valence-corrected chi connectivity index (χ4v) is 2.04. The summed E-state index contributed by atoms with van der Waals surface area (Å²) < 4.78 is 0. The van der Waals surface area contributed by atoms with Gasteiger partial charge in [-0.2, -0.15) is 0 Å². The molecule has 1 aliphatic heterocycles. The quantitative estimate of drug-likeness (QED) is 0.675. The lowest BCUT2D eigenvalue weighted by molar-refractivity contribution is 0.240. The minimum atomic E-state index is 0.142. The molecule has 1 aromatic rings. The van der Waals surface area contributed by atoms with Gasteiger partial charge in [0.25, 0.3) is 0 Å². The molecule has 70 valence electrons. The molecule has 1 aromatic carbocycles. The summed E-state index contributed by atoms with van der Waals surface area (Å²) in [6.07, 6.45) is 1.08. The topological polar surface area (TPSA) is 32.3 Å². The maximum Gasteiger partial charge on any atom is 0.0626 e. The average molecular weight is 177 g/mol. The number of fused-ring (bicyclic) bond motifs is 1. The van der Waals surface area contributed by atoms with Crippen LogP contribution >= 0.6 is 0 Å². The largest absolute Gasteiger partial charge is 0.394 e. The van der Waals surface area contributed by atoms with Crippen molar-refractivity contribution < 1.29 is 5.11 Å². The van der Waals surface area contributed by atoms with Crippen LogP contribution in [0.25, 0.3) is 0 Å². The number of hydrogen-bond acceptors (Lipinski definition) is 2. The number of benzene rings is 1. The first-order chi connectivity index (χ1) is 6.33. The van der Waals surface area contributed by atoms with Crippen molar-refractivity contribution in [3.05, 3.63) is 34.9 Å². The number of nitrogens with one attached hydrogen (secondary N) is 1. The first kappa shape index (κ1) is 8.73. The molecular weight excluding hydrogens is 162 g/mol. The summed E-state index contributed by atoms with van der Waals surface area (Å²) in [6, 6.07) is 6.45. The van der Waals surface area contributed by atoms with Gasteiger partial charge in [0.05, 0.1) is 12.6 Å². The van der Waals surface area contributed by atoms with Crippen LogP contribution in [0.15, 0.2) is 18.2 Å². The summed E-state index contributed by atoms with van der Waals surface area (Å²) in [6.45, 7) is 3.30. The van der Waals surface area contributed by atoms with Crippen molar-refractivity contribution >= 4 is 0 Å². The summed E-state index contributed by atoms with van der Waals surface area (Å²) >= 11 is 0. The molecule has 2 N–H and O–H groups in total. The Morgan fingerprint density at radius 3 is 3.15 bits per heavy atom. The summed E-state index contributed by atoms with van der Waals surface area (Å²) in [5.74, 6) is 0. The first-order valence-electron chi connectivity index (χ1n) is 4.75. The minimum Gasteiger partial charge on any atom is -0.394 e. The van der Waals surface area contributed by atoms with Crippen molar-refractivity contribution in [1.29, 1.82) is 0 Å². The molecule has 0 saturated heterocycles. The van der Waals surface area contributed by atoms with Gasteiger partial charge >= 0.3 is 0 Å². The highest BCUT2D eigenvalue weighted by atomic mass is 16.3. The highest BCUT2D eigenvalue weighted by molar-refractivity contribution is 5.38. The van der Waals surface area contributed by atoms with Crippen LogP contribution in [0.5, 0.6) is 0 Å². The van der Waals surface area contributed by atoms with Gasteiger partial charge in [-0.1, -0.05) is 18.2 Å². The summed E-state index contributed by atoms with van der Waals surface area (Å²) in [7, 11) is 0. The van der Waals surface area contributed by atoms with E-state index in [1.807, 2.05) is 0 Å². The van der Waals surface area contributed by atoms with Crippen molar-refractivity contribution in [3.8, 4) is 0 Å². The maximum absolute atomic E-state index is 9.17. The standard InChI is InChI=1S/C11H15NO/c1-8-3-2-4-10-9(8)5-6-12-11(10)7-13/h2-4,11-13H,5-7H2,1H3/t11-/m0/s1. The van der Waals surface area contributed by atoms with Crippen molar-refractivity contribution in [2.75, 3.05) is 13.2 Å². The summed E-state index contributed by atoms with van der Waals surface area (Å²) in [5.41, 5.74) is 4.03. The Labute approximate surface area is 78.6 Å². The normalized spacial score (nSPS) is 21.2. The minimum absolute atomic E-state index is 0.142. The van der Waals surface area contributed by atoms with Crippen LogP contribution in [0.2, 0.25) is 0 Å². The van der Waals surface area contributed by atoms with Crippen LogP contribution in [0.3, 0.4) is 0 Å². The van der Waals surface area contributed by atoms with Gasteiger partial charge in [0, 0.05) is 0 Å². The van der Waals surface area contributed by atoms with Gasteiger partial charge in [0.1, 0.15) is 0 Å². The lowest BCUT2D eigenvalue weighted by Crippen LogP contribution is -2.32. The predicted molar refractivity (Wildman–Crippen MR) is 52.7 cm³/mol. The van der Waals surface area contributed by atoms with Gasteiger partial charge in [-0.3, -0.25) is 0 Å². The molecule has 0 spiro atoms. The Bertz CT molecular complexity index is 309. The molecule has 0 aliphatic carbocycles. The molecule has 0 fully saturated rings. The lowest BCUT2D eigenvalue weighted by Gasteiger charge is -2.26. The second kappa shape index (κ2) is 3.48. The van der Waals surface area contributed by atoms with Crippen LogP contribution in [-0.2, 0) is 6.42 Å². The highest BCUT2D eigenvalue weighted by Crippen LogP contribution is 2.24. The third kappa shape index (κ3) is 1.47. The molecule has 0 bridgehead atoms. The molecule has 2 heteroatoms. The van der Waals surface area contributed by atoms with Crippen LogP contribution < -0.4 is 5.32 Å². The molecule has 1 atom stereocenters. The molecule has 2 rings (SSSR count). The number of aliphatic hydroxyl groups is 1. The molecule has 0 amide bonds. The number of rotatable bonds is 1. The Kier molecular flexibility index (Phi) is 2.34. The van der Waals surface area contributed by atoms with Crippen LogP contribution in [0.1, 0.15) is 22.7 Å². The Balaban J connectivity index is 2.45. The molecule has 0 radical (unpaired) electrons. The summed E-state index contributed by atoms with van der Waals surface area (Å²) in [4.78, 5) is 0. The number of aryl methyl sites for hydroxylation is 1. The molecule has 0 saturated carbocycles. The van der Waals surface area contributed by atoms with E-state index in [1.54, 1.807) is 0 Å². The van der Waals surface area contributed by atoms with Gasteiger partial charge < -0.3 is 10.4 Å². The number of hydrogen-bond donors (Lipinski definition) is 2. The Hall–Kier alpha value is -0.860. The first-order valence-corrected chi connectivity index (χ1v) is 4.75. The summed E-state index contributed by atoms with van der Waals surface area (Å²) in [5, 5.41) is 12.5. The van der Waals surface area contributed by atoms with Crippen LogP contribution in [0, 0.1) is 6.92 Å².